The maximum atomic E-state index is 10.1. The van der Waals surface area contributed by atoms with E-state index in [9.17, 15) is 4.55 Å². The summed E-state index contributed by atoms with van der Waals surface area (Å²) in [7, 11) is 0. The number of ether oxygens (including phenoxy) is 1. The molecule has 8 nitrogen and oxygen atoms in total. The van der Waals surface area contributed by atoms with Crippen LogP contribution in [0.2, 0.25) is 5.28 Å². The van der Waals surface area contributed by atoms with Gasteiger partial charge in [-0.3, -0.25) is 0 Å². The Kier molecular flexibility index (Phi) is 5.17. The molecule has 3 aromatic heterocycles. The van der Waals surface area contributed by atoms with E-state index in [0.29, 0.717) is 48.9 Å². The molecule has 0 saturated carbocycles. The van der Waals surface area contributed by atoms with Crippen LogP contribution in [0.25, 0.3) is 22.2 Å². The van der Waals surface area contributed by atoms with Gasteiger partial charge in [0, 0.05) is 24.8 Å². The highest BCUT2D eigenvalue weighted by Crippen LogP contribution is 2.33. The summed E-state index contributed by atoms with van der Waals surface area (Å²) in [4.78, 5) is 15.2. The lowest BCUT2D eigenvalue weighted by Crippen LogP contribution is -2.36. The number of furan rings is 1. The number of hydrogen-bond donors (Lipinski definition) is 1. The maximum Gasteiger partial charge on any atom is 0.294 e. The Labute approximate surface area is 170 Å². The van der Waals surface area contributed by atoms with Crippen LogP contribution in [0, 0.1) is 0 Å². The minimum atomic E-state index is -1.10. The fraction of sp³-hybridized carbons (Fsp3) is 0.444. The number of pyridine rings is 1. The van der Waals surface area contributed by atoms with Gasteiger partial charge in [0.15, 0.2) is 16.1 Å². The summed E-state index contributed by atoms with van der Waals surface area (Å²) in [6.07, 6.45) is 3.27. The van der Waals surface area contributed by atoms with E-state index in [1.807, 2.05) is 26.8 Å². The second kappa shape index (κ2) is 7.47. The van der Waals surface area contributed by atoms with Crippen LogP contribution in [0.1, 0.15) is 26.3 Å². The molecule has 4 heterocycles. The van der Waals surface area contributed by atoms with Gasteiger partial charge in [0.1, 0.15) is 5.52 Å². The average molecular weight is 423 g/mol. The van der Waals surface area contributed by atoms with Gasteiger partial charge in [-0.15, -0.1) is 0 Å². The van der Waals surface area contributed by atoms with Gasteiger partial charge in [0.2, 0.25) is 11.0 Å². The molecule has 1 fully saturated rings. The first-order valence-corrected chi connectivity index (χ1v) is 10.4. The summed E-state index contributed by atoms with van der Waals surface area (Å²) < 4.78 is 25.5. The SMILES string of the molecule is CC(C)(C)[S+](O)/N=C/c1cnc2oc3c(N4CCOCC4)nc(Cl)nc3c2c1. The van der Waals surface area contributed by atoms with Crippen LogP contribution in [0.5, 0.6) is 0 Å². The highest BCUT2D eigenvalue weighted by molar-refractivity contribution is 7.91. The van der Waals surface area contributed by atoms with Gasteiger partial charge in [0.05, 0.1) is 24.8 Å². The van der Waals surface area contributed by atoms with E-state index in [1.54, 1.807) is 12.4 Å². The molecular formula is C18H21ClN5O3S+. The minimum absolute atomic E-state index is 0.153. The van der Waals surface area contributed by atoms with Crippen LogP contribution >= 0.6 is 11.6 Å². The lowest BCUT2D eigenvalue weighted by molar-refractivity contribution is 0.122. The maximum absolute atomic E-state index is 10.1. The van der Waals surface area contributed by atoms with Crippen molar-refractivity contribution in [3.8, 4) is 0 Å². The first-order valence-electron chi connectivity index (χ1n) is 8.89. The van der Waals surface area contributed by atoms with E-state index in [4.69, 9.17) is 20.8 Å². The fourth-order valence-electron chi connectivity index (χ4n) is 2.83. The smallest absolute Gasteiger partial charge is 0.294 e. The number of rotatable bonds is 3. The molecular weight excluding hydrogens is 402 g/mol. The van der Waals surface area contributed by atoms with Crippen LogP contribution in [0.4, 0.5) is 5.82 Å². The number of nitrogens with zero attached hydrogens (tertiary/aromatic N) is 5. The zero-order valence-corrected chi connectivity index (χ0v) is 17.4. The van der Waals surface area contributed by atoms with Gasteiger partial charge >= 0.3 is 0 Å². The molecule has 10 heteroatoms. The Hall–Kier alpha value is -1.94. The second-order valence-electron chi connectivity index (χ2n) is 7.43. The Balaban J connectivity index is 1.78. The lowest BCUT2D eigenvalue weighted by atomic mass is 10.2. The van der Waals surface area contributed by atoms with Gasteiger partial charge in [-0.05, 0) is 42.8 Å². The second-order valence-corrected chi connectivity index (χ2v) is 9.73. The van der Waals surface area contributed by atoms with E-state index >= 15 is 0 Å². The largest absolute Gasteiger partial charge is 0.432 e. The molecule has 1 saturated heterocycles. The molecule has 0 bridgehead atoms. The summed E-state index contributed by atoms with van der Waals surface area (Å²) in [5, 5.41) is 0.881. The fourth-order valence-corrected chi connectivity index (χ4v) is 3.54. The first-order chi connectivity index (χ1) is 13.3. The van der Waals surface area contributed by atoms with Crippen molar-refractivity contribution in [1.82, 2.24) is 15.0 Å². The van der Waals surface area contributed by atoms with Gasteiger partial charge < -0.3 is 14.1 Å². The van der Waals surface area contributed by atoms with Crippen molar-refractivity contribution >= 4 is 57.2 Å². The van der Waals surface area contributed by atoms with E-state index in [2.05, 4.69) is 24.2 Å². The highest BCUT2D eigenvalue weighted by Gasteiger charge is 2.34. The van der Waals surface area contributed by atoms with Gasteiger partial charge in [-0.1, -0.05) is 0 Å². The van der Waals surface area contributed by atoms with Crippen LogP contribution in [0.3, 0.4) is 0 Å². The number of aromatic nitrogens is 3. The predicted molar refractivity (Wildman–Crippen MR) is 112 cm³/mol. The molecule has 0 aliphatic carbocycles. The van der Waals surface area contributed by atoms with E-state index in [0.717, 1.165) is 10.9 Å². The van der Waals surface area contributed by atoms with Crippen LogP contribution < -0.4 is 4.90 Å². The monoisotopic (exact) mass is 422 g/mol. The number of hydrogen-bond acceptors (Lipinski definition) is 8. The van der Waals surface area contributed by atoms with E-state index in [-0.39, 0.29) is 10.0 Å². The average Bonchev–Trinajstić information content (AvgIpc) is 3.03. The first kappa shape index (κ1) is 19.4. The number of anilines is 1. The Morgan fingerprint density at radius 3 is 2.75 bits per heavy atom. The van der Waals surface area contributed by atoms with Crippen molar-refractivity contribution in [2.75, 3.05) is 31.2 Å². The normalized spacial score (nSPS) is 17.1. The Morgan fingerprint density at radius 1 is 1.29 bits per heavy atom. The topological polar surface area (TPSA) is 96.9 Å². The minimum Gasteiger partial charge on any atom is -0.432 e. The molecule has 28 heavy (non-hydrogen) atoms. The van der Waals surface area contributed by atoms with Gasteiger partial charge in [-0.25, -0.2) is 9.97 Å². The summed E-state index contributed by atoms with van der Waals surface area (Å²) >= 11 is 5.10. The molecule has 1 aliphatic heterocycles. The van der Waals surface area contributed by atoms with E-state index < -0.39 is 11.4 Å². The quantitative estimate of drug-likeness (QED) is 0.392. The van der Waals surface area contributed by atoms with E-state index in [1.165, 1.54) is 0 Å². The van der Waals surface area contributed by atoms with Crippen molar-refractivity contribution < 1.29 is 13.7 Å². The molecule has 1 atom stereocenters. The van der Waals surface area contributed by atoms with Crippen molar-refractivity contribution in [1.29, 1.82) is 0 Å². The molecule has 0 radical (unpaired) electrons. The summed E-state index contributed by atoms with van der Waals surface area (Å²) in [5.41, 5.74) is 2.36. The van der Waals surface area contributed by atoms with Crippen molar-refractivity contribution in [2.45, 2.75) is 25.5 Å². The van der Waals surface area contributed by atoms with Crippen LogP contribution in [-0.2, 0) is 16.1 Å². The molecule has 0 amide bonds. The molecule has 4 rings (SSSR count). The number of halogens is 1. The molecule has 148 valence electrons. The van der Waals surface area contributed by atoms with Gasteiger partial charge in [-0.2, -0.15) is 9.54 Å². The van der Waals surface area contributed by atoms with Crippen molar-refractivity contribution in [2.24, 2.45) is 4.40 Å². The molecule has 3 aromatic rings. The molecule has 1 N–H and O–H groups in total. The van der Waals surface area contributed by atoms with Crippen molar-refractivity contribution in [3.05, 3.63) is 23.1 Å². The zero-order valence-electron chi connectivity index (χ0n) is 15.8. The summed E-state index contributed by atoms with van der Waals surface area (Å²) in [6, 6.07) is 1.88. The standard InChI is InChI=1S/C18H21ClN5O3S/c1-18(2,3)28(25)21-10-11-8-12-13-14(27-16(12)20-9-11)15(23-17(19)22-13)24-4-6-26-7-5-24/h8-10,25H,4-7H2,1-3H3/q+1/b21-10+. The number of fused-ring (bicyclic) bond motifs is 3. The van der Waals surface area contributed by atoms with Crippen LogP contribution in [-0.4, -0.2) is 56.8 Å². The molecule has 0 aromatic carbocycles. The van der Waals surface area contributed by atoms with Crippen molar-refractivity contribution in [3.63, 3.8) is 0 Å². The summed E-state index contributed by atoms with van der Waals surface area (Å²) in [6.45, 7) is 8.46. The molecule has 1 aliphatic rings. The zero-order chi connectivity index (χ0) is 19.9. The molecule has 0 spiro atoms. The summed E-state index contributed by atoms with van der Waals surface area (Å²) in [5.74, 6) is 0.649. The Bertz CT molecular complexity index is 1040. The van der Waals surface area contributed by atoms with Gasteiger partial charge in [0.25, 0.3) is 11.4 Å². The highest BCUT2D eigenvalue weighted by atomic mass is 35.5. The molecule has 1 unspecified atom stereocenters. The van der Waals surface area contributed by atoms with Crippen LogP contribution in [0.15, 0.2) is 21.1 Å². The predicted octanol–water partition coefficient (Wildman–Crippen LogP) is 3.48. The Morgan fingerprint density at radius 2 is 2.04 bits per heavy atom. The third-order valence-electron chi connectivity index (χ3n) is 4.31. The third kappa shape index (κ3) is 3.80. The number of morpholine rings is 1. The third-order valence-corrected chi connectivity index (χ3v) is 5.88. The lowest BCUT2D eigenvalue weighted by Gasteiger charge is -2.27.